The maximum Gasteiger partial charge on any atom is 0.276 e. The maximum absolute atomic E-state index is 11.9. The molecule has 5 heteroatoms. The normalized spacial score (nSPS) is 18.0. The first-order valence-electron chi connectivity index (χ1n) is 4.71. The van der Waals surface area contributed by atoms with E-state index in [4.69, 9.17) is 16.6 Å². The molecule has 1 fully saturated rings. The van der Waals surface area contributed by atoms with Crippen molar-refractivity contribution in [1.29, 1.82) is 0 Å². The Morgan fingerprint density at radius 2 is 2.44 bits per heavy atom. The number of carbonyl (C=O) groups is 1. The summed E-state index contributed by atoms with van der Waals surface area (Å²) in [6.45, 7) is 3.98. The van der Waals surface area contributed by atoms with Gasteiger partial charge in [-0.15, -0.1) is 6.58 Å². The van der Waals surface area contributed by atoms with Gasteiger partial charge < -0.3 is 9.73 Å². The highest BCUT2D eigenvalue weighted by Gasteiger charge is 2.29. The zero-order valence-corrected chi connectivity index (χ0v) is 9.29. The van der Waals surface area contributed by atoms with E-state index in [1.54, 1.807) is 30.5 Å². The second kappa shape index (κ2) is 4.32. The van der Waals surface area contributed by atoms with Crippen molar-refractivity contribution in [3.8, 4) is 0 Å². The van der Waals surface area contributed by atoms with Crippen LogP contribution >= 0.6 is 12.2 Å². The van der Waals surface area contributed by atoms with Crippen LogP contribution in [-0.2, 0) is 4.79 Å². The van der Waals surface area contributed by atoms with Gasteiger partial charge in [-0.3, -0.25) is 9.69 Å². The topological polar surface area (TPSA) is 45.5 Å². The van der Waals surface area contributed by atoms with Crippen LogP contribution in [0.15, 0.2) is 41.2 Å². The Hall–Kier alpha value is -1.88. The third-order valence-corrected chi connectivity index (χ3v) is 2.43. The van der Waals surface area contributed by atoms with Crippen molar-refractivity contribution in [2.75, 3.05) is 6.54 Å². The molecule has 0 aliphatic carbocycles. The number of hydrogen-bond acceptors (Lipinski definition) is 3. The Balaban J connectivity index is 2.23. The van der Waals surface area contributed by atoms with E-state index in [0.29, 0.717) is 23.1 Å². The van der Waals surface area contributed by atoms with Gasteiger partial charge in [0.1, 0.15) is 11.5 Å². The van der Waals surface area contributed by atoms with E-state index >= 15 is 0 Å². The minimum Gasteiger partial charge on any atom is -0.465 e. The molecule has 4 nitrogen and oxygen atoms in total. The van der Waals surface area contributed by atoms with Gasteiger partial charge in [0.05, 0.1) is 6.26 Å². The van der Waals surface area contributed by atoms with E-state index in [2.05, 4.69) is 11.9 Å². The zero-order chi connectivity index (χ0) is 11.5. The minimum absolute atomic E-state index is 0.165. The number of furan rings is 1. The lowest BCUT2D eigenvalue weighted by molar-refractivity contribution is -0.122. The highest BCUT2D eigenvalue weighted by atomic mass is 32.1. The van der Waals surface area contributed by atoms with E-state index in [1.165, 1.54) is 4.90 Å². The van der Waals surface area contributed by atoms with Gasteiger partial charge in [0.15, 0.2) is 5.11 Å². The lowest BCUT2D eigenvalue weighted by Gasteiger charge is -2.09. The Morgan fingerprint density at radius 3 is 3.06 bits per heavy atom. The molecule has 2 rings (SSSR count). The van der Waals surface area contributed by atoms with Gasteiger partial charge in [-0.05, 0) is 24.4 Å². The fraction of sp³-hybridized carbons (Fsp3) is 0.0909. The fourth-order valence-corrected chi connectivity index (χ4v) is 1.65. The molecule has 0 saturated carbocycles. The summed E-state index contributed by atoms with van der Waals surface area (Å²) in [6.07, 6.45) is 4.80. The van der Waals surface area contributed by atoms with Gasteiger partial charge in [0, 0.05) is 12.6 Å². The van der Waals surface area contributed by atoms with Crippen molar-refractivity contribution < 1.29 is 9.21 Å². The van der Waals surface area contributed by atoms with Gasteiger partial charge in [0.2, 0.25) is 0 Å². The summed E-state index contributed by atoms with van der Waals surface area (Å²) in [6, 6.07) is 3.52. The largest absolute Gasteiger partial charge is 0.465 e. The molecule has 0 atom stereocenters. The number of nitrogens with zero attached hydrogens (tertiary/aromatic N) is 1. The summed E-state index contributed by atoms with van der Waals surface area (Å²) in [5.41, 5.74) is 0.418. The predicted octanol–water partition coefficient (Wildman–Crippen LogP) is 1.52. The van der Waals surface area contributed by atoms with Crippen LogP contribution in [0, 0.1) is 0 Å². The number of hydrogen-bond donors (Lipinski definition) is 1. The fourth-order valence-electron chi connectivity index (χ4n) is 1.38. The summed E-state index contributed by atoms with van der Waals surface area (Å²) >= 11 is 5.03. The SMILES string of the molecule is C=CCN1C(=O)C(=Cc2ccco2)NC1=S. The molecule has 1 amide bonds. The molecule has 1 aromatic heterocycles. The zero-order valence-electron chi connectivity index (χ0n) is 8.47. The van der Waals surface area contributed by atoms with Crippen LogP contribution < -0.4 is 5.32 Å². The van der Waals surface area contributed by atoms with E-state index in [9.17, 15) is 4.79 Å². The Labute approximate surface area is 98.2 Å². The summed E-state index contributed by atoms with van der Waals surface area (Å²) < 4.78 is 5.12. The van der Waals surface area contributed by atoms with Gasteiger partial charge in [-0.2, -0.15) is 0 Å². The molecule has 1 aliphatic rings. The Bertz CT molecular complexity index is 462. The first-order chi connectivity index (χ1) is 7.72. The highest BCUT2D eigenvalue weighted by Crippen LogP contribution is 2.14. The molecule has 16 heavy (non-hydrogen) atoms. The average Bonchev–Trinajstić information content (AvgIpc) is 2.84. The molecule has 1 aliphatic heterocycles. The molecule has 0 unspecified atom stereocenters. The van der Waals surface area contributed by atoms with Crippen LogP contribution in [0.3, 0.4) is 0 Å². The number of carbonyl (C=O) groups excluding carboxylic acids is 1. The molecule has 0 aromatic carbocycles. The number of rotatable bonds is 3. The number of nitrogens with one attached hydrogen (secondary N) is 1. The van der Waals surface area contributed by atoms with Crippen molar-refractivity contribution in [2.45, 2.75) is 0 Å². The monoisotopic (exact) mass is 234 g/mol. The van der Waals surface area contributed by atoms with E-state index < -0.39 is 0 Å². The van der Waals surface area contributed by atoms with Crippen LogP contribution in [0.2, 0.25) is 0 Å². The molecule has 2 heterocycles. The van der Waals surface area contributed by atoms with Crippen molar-refractivity contribution in [3.05, 3.63) is 42.5 Å². The van der Waals surface area contributed by atoms with E-state index in [1.807, 2.05) is 0 Å². The van der Waals surface area contributed by atoms with Gasteiger partial charge >= 0.3 is 0 Å². The van der Waals surface area contributed by atoms with Gasteiger partial charge in [-0.25, -0.2) is 0 Å². The number of amides is 1. The maximum atomic E-state index is 11.9. The lowest BCUT2D eigenvalue weighted by atomic mass is 10.3. The third kappa shape index (κ3) is 1.90. The lowest BCUT2D eigenvalue weighted by Crippen LogP contribution is -2.30. The highest BCUT2D eigenvalue weighted by molar-refractivity contribution is 7.80. The molecule has 1 aromatic rings. The smallest absolute Gasteiger partial charge is 0.276 e. The molecular weight excluding hydrogens is 224 g/mol. The van der Waals surface area contributed by atoms with Crippen LogP contribution in [-0.4, -0.2) is 22.5 Å². The summed E-state index contributed by atoms with van der Waals surface area (Å²) in [4.78, 5) is 13.3. The second-order valence-corrected chi connectivity index (χ2v) is 3.59. The summed E-state index contributed by atoms with van der Waals surface area (Å²) in [5.74, 6) is 0.445. The third-order valence-electron chi connectivity index (χ3n) is 2.10. The Morgan fingerprint density at radius 1 is 1.62 bits per heavy atom. The van der Waals surface area contributed by atoms with Crippen LogP contribution in [0.5, 0.6) is 0 Å². The molecule has 0 bridgehead atoms. The van der Waals surface area contributed by atoms with Crippen LogP contribution in [0.1, 0.15) is 5.76 Å². The van der Waals surface area contributed by atoms with E-state index in [-0.39, 0.29) is 5.91 Å². The van der Waals surface area contributed by atoms with Crippen molar-refractivity contribution in [2.24, 2.45) is 0 Å². The molecule has 1 N–H and O–H groups in total. The van der Waals surface area contributed by atoms with E-state index in [0.717, 1.165) is 0 Å². The number of thiocarbonyl (C=S) groups is 1. The first-order valence-corrected chi connectivity index (χ1v) is 5.12. The Kier molecular flexibility index (Phi) is 2.87. The molecule has 0 radical (unpaired) electrons. The van der Waals surface area contributed by atoms with Gasteiger partial charge in [-0.1, -0.05) is 6.08 Å². The minimum atomic E-state index is -0.165. The van der Waals surface area contributed by atoms with Crippen molar-refractivity contribution >= 4 is 29.3 Å². The molecule has 82 valence electrons. The molecular formula is C11H10N2O2S. The van der Waals surface area contributed by atoms with Crippen LogP contribution in [0.25, 0.3) is 6.08 Å². The summed E-state index contributed by atoms with van der Waals surface area (Å²) in [5, 5.41) is 3.23. The second-order valence-electron chi connectivity index (χ2n) is 3.21. The quantitative estimate of drug-likeness (QED) is 0.489. The van der Waals surface area contributed by atoms with Crippen LogP contribution in [0.4, 0.5) is 0 Å². The van der Waals surface area contributed by atoms with Crippen molar-refractivity contribution in [1.82, 2.24) is 10.2 Å². The van der Waals surface area contributed by atoms with Crippen molar-refractivity contribution in [3.63, 3.8) is 0 Å². The van der Waals surface area contributed by atoms with Gasteiger partial charge in [0.25, 0.3) is 5.91 Å². The molecule has 0 spiro atoms. The standard InChI is InChI=1S/C11H10N2O2S/c1-2-5-13-10(14)9(12-11(13)16)7-8-4-3-6-15-8/h2-4,6-7H,1,5H2,(H,12,16). The summed E-state index contributed by atoms with van der Waals surface area (Å²) in [7, 11) is 0. The predicted molar refractivity (Wildman–Crippen MR) is 64.3 cm³/mol. The first kappa shape index (κ1) is 10.6. The molecule has 1 saturated heterocycles. The average molecular weight is 234 g/mol.